The quantitative estimate of drug-likeness (QED) is 0.453. The van der Waals surface area contributed by atoms with Gasteiger partial charge in [0.05, 0.1) is 4.90 Å². The van der Waals surface area contributed by atoms with Crippen LogP contribution in [0.1, 0.15) is 5.56 Å². The maximum atomic E-state index is 10.5. The van der Waals surface area contributed by atoms with Crippen molar-refractivity contribution in [1.29, 1.82) is 0 Å². The molecule has 0 saturated carbocycles. The van der Waals surface area contributed by atoms with Gasteiger partial charge in [-0.3, -0.25) is 0 Å². The van der Waals surface area contributed by atoms with Crippen LogP contribution in [0.2, 0.25) is 0 Å². The van der Waals surface area contributed by atoms with Crippen LogP contribution in [-0.4, -0.2) is 19.5 Å². The summed E-state index contributed by atoms with van der Waals surface area (Å²) in [5.74, 6) is 0. The van der Waals surface area contributed by atoms with Crippen LogP contribution in [0.15, 0.2) is 29.2 Å². The molecule has 0 aliphatic rings. The summed E-state index contributed by atoms with van der Waals surface area (Å²) in [5, 5.41) is 0. The number of hydrogen-bond acceptors (Lipinski definition) is 4. The Kier molecular flexibility index (Phi) is 6.67. The Bertz CT molecular complexity index is 374. The minimum atomic E-state index is -4.32. The molecule has 0 aliphatic carbocycles. The fourth-order valence-corrected chi connectivity index (χ4v) is 1.46. The Morgan fingerprint density at radius 2 is 1.71 bits per heavy atom. The summed E-state index contributed by atoms with van der Waals surface area (Å²) in [5.41, 5.74) is 6.23. The van der Waals surface area contributed by atoms with E-state index >= 15 is 0 Å². The van der Waals surface area contributed by atoms with Crippen LogP contribution >= 0.6 is 0 Å². The molecule has 1 aromatic carbocycles. The molecule has 0 aliphatic heterocycles. The second-order valence-corrected chi connectivity index (χ2v) is 4.02. The van der Waals surface area contributed by atoms with Crippen molar-refractivity contribution in [3.8, 4) is 0 Å². The summed E-state index contributed by atoms with van der Waals surface area (Å²) in [6.07, 6.45) is 0.680. The van der Waals surface area contributed by atoms with E-state index in [0.29, 0.717) is 13.0 Å². The van der Waals surface area contributed by atoms with Crippen LogP contribution < -0.4 is 57.1 Å². The van der Waals surface area contributed by atoms with E-state index < -0.39 is 10.1 Å². The van der Waals surface area contributed by atoms with Crippen LogP contribution in [0.25, 0.3) is 0 Å². The second kappa shape index (κ2) is 6.34. The number of hydrogen-bond donors (Lipinski definition) is 1. The van der Waals surface area contributed by atoms with Gasteiger partial charge >= 0.3 is 51.4 Å². The largest absolute Gasteiger partial charge is 1.00 e. The molecule has 1 aromatic rings. The van der Waals surface area contributed by atoms with E-state index in [1.165, 1.54) is 12.1 Å². The standard InChI is InChI=1S/C8H11NO3S.K/c9-6-5-7-1-3-8(4-2-7)13(10,11)12;/h1-4H,5-6,9H2,(H,10,11,12);/q;+1/p-1. The minimum Gasteiger partial charge on any atom is -0.744 e. The van der Waals surface area contributed by atoms with Gasteiger partial charge in [0.15, 0.2) is 0 Å². The molecule has 0 unspecified atom stereocenters. The predicted octanol–water partition coefficient (Wildman–Crippen LogP) is -2.90. The molecule has 0 heterocycles. The number of benzene rings is 1. The first kappa shape index (κ1) is 14.7. The Labute approximate surface area is 126 Å². The third kappa shape index (κ3) is 4.50. The van der Waals surface area contributed by atoms with E-state index in [9.17, 15) is 13.0 Å². The summed E-state index contributed by atoms with van der Waals surface area (Å²) in [6.45, 7) is 0.503. The van der Waals surface area contributed by atoms with Gasteiger partial charge in [-0.1, -0.05) is 12.1 Å². The molecular formula is C8H10KNO3S. The van der Waals surface area contributed by atoms with Crippen LogP contribution in [0.3, 0.4) is 0 Å². The molecule has 0 atom stereocenters. The van der Waals surface area contributed by atoms with Crippen molar-refractivity contribution in [1.82, 2.24) is 0 Å². The van der Waals surface area contributed by atoms with Gasteiger partial charge in [0, 0.05) is 0 Å². The third-order valence-electron chi connectivity index (χ3n) is 1.65. The summed E-state index contributed by atoms with van der Waals surface area (Å²) in [7, 11) is -4.32. The number of rotatable bonds is 3. The molecule has 4 nitrogen and oxygen atoms in total. The van der Waals surface area contributed by atoms with Gasteiger partial charge in [-0.15, -0.1) is 0 Å². The molecule has 14 heavy (non-hydrogen) atoms. The maximum Gasteiger partial charge on any atom is 1.00 e. The topological polar surface area (TPSA) is 83.2 Å². The molecule has 1 rings (SSSR count). The monoisotopic (exact) mass is 239 g/mol. The third-order valence-corrected chi connectivity index (χ3v) is 2.49. The maximum absolute atomic E-state index is 10.5. The van der Waals surface area contributed by atoms with Crippen LogP contribution in [-0.2, 0) is 16.5 Å². The van der Waals surface area contributed by atoms with Crippen molar-refractivity contribution < 1.29 is 64.4 Å². The van der Waals surface area contributed by atoms with E-state index in [1.807, 2.05) is 0 Å². The molecular weight excluding hydrogens is 229 g/mol. The summed E-state index contributed by atoms with van der Waals surface area (Å²) < 4.78 is 31.6. The number of nitrogens with two attached hydrogens (primary N) is 1. The van der Waals surface area contributed by atoms with Crippen LogP contribution in [0, 0.1) is 0 Å². The van der Waals surface area contributed by atoms with Crippen molar-refractivity contribution in [2.24, 2.45) is 5.73 Å². The van der Waals surface area contributed by atoms with Crippen molar-refractivity contribution in [2.75, 3.05) is 6.54 Å². The van der Waals surface area contributed by atoms with E-state index in [2.05, 4.69) is 0 Å². The molecule has 6 heteroatoms. The molecule has 0 bridgehead atoms. The second-order valence-electron chi connectivity index (χ2n) is 2.64. The van der Waals surface area contributed by atoms with Crippen molar-refractivity contribution in [2.45, 2.75) is 11.3 Å². The molecule has 0 aromatic heterocycles. The molecule has 2 N–H and O–H groups in total. The van der Waals surface area contributed by atoms with Gasteiger partial charge in [-0.2, -0.15) is 0 Å². The summed E-state index contributed by atoms with van der Waals surface area (Å²) in [4.78, 5) is -0.201. The fraction of sp³-hybridized carbons (Fsp3) is 0.250. The van der Waals surface area contributed by atoms with Gasteiger partial charge < -0.3 is 10.3 Å². The predicted molar refractivity (Wildman–Crippen MR) is 47.2 cm³/mol. The average molecular weight is 239 g/mol. The first-order chi connectivity index (χ1) is 6.04. The Morgan fingerprint density at radius 1 is 1.21 bits per heavy atom. The summed E-state index contributed by atoms with van der Waals surface area (Å²) >= 11 is 0. The van der Waals surface area contributed by atoms with Crippen LogP contribution in [0.5, 0.6) is 0 Å². The Balaban J connectivity index is 0.00000169. The van der Waals surface area contributed by atoms with Gasteiger partial charge in [0.25, 0.3) is 0 Å². The van der Waals surface area contributed by atoms with E-state index in [4.69, 9.17) is 5.73 Å². The van der Waals surface area contributed by atoms with Crippen molar-refractivity contribution in [3.63, 3.8) is 0 Å². The molecule has 72 valence electrons. The zero-order valence-electron chi connectivity index (χ0n) is 7.93. The first-order valence-electron chi connectivity index (χ1n) is 3.79. The first-order valence-corrected chi connectivity index (χ1v) is 5.20. The SMILES string of the molecule is NCCc1ccc(S(=O)(=O)[O-])cc1.[K+]. The molecule has 0 amide bonds. The van der Waals surface area contributed by atoms with Crippen molar-refractivity contribution >= 4 is 10.1 Å². The van der Waals surface area contributed by atoms with Gasteiger partial charge in [0.1, 0.15) is 10.1 Å². The molecule has 0 radical (unpaired) electrons. The van der Waals surface area contributed by atoms with Crippen LogP contribution in [0.4, 0.5) is 0 Å². The van der Waals surface area contributed by atoms with Gasteiger partial charge in [-0.05, 0) is 30.7 Å². The zero-order valence-corrected chi connectivity index (χ0v) is 11.9. The summed E-state index contributed by atoms with van der Waals surface area (Å²) in [6, 6.07) is 5.79. The Morgan fingerprint density at radius 3 is 2.07 bits per heavy atom. The Hall–Kier alpha value is 0.726. The zero-order chi connectivity index (χ0) is 9.90. The van der Waals surface area contributed by atoms with E-state index in [-0.39, 0.29) is 56.3 Å². The normalized spacial score (nSPS) is 10.7. The fourth-order valence-electron chi connectivity index (χ4n) is 0.989. The smallest absolute Gasteiger partial charge is 0.744 e. The van der Waals surface area contributed by atoms with Gasteiger partial charge in [-0.25, -0.2) is 8.42 Å². The molecule has 0 spiro atoms. The minimum absolute atomic E-state index is 0. The molecule has 0 saturated heterocycles. The van der Waals surface area contributed by atoms with Crippen molar-refractivity contribution in [3.05, 3.63) is 29.8 Å². The van der Waals surface area contributed by atoms with Gasteiger partial charge in [0.2, 0.25) is 0 Å². The van der Waals surface area contributed by atoms with E-state index in [1.54, 1.807) is 12.1 Å². The van der Waals surface area contributed by atoms with E-state index in [0.717, 1.165) is 5.56 Å². The average Bonchev–Trinajstić information content (AvgIpc) is 2.04. The molecule has 0 fully saturated rings.